The highest BCUT2D eigenvalue weighted by Gasteiger charge is 1.62. The minimum absolute atomic E-state index is 0.222. The molecule has 0 spiro atoms. The lowest BCUT2D eigenvalue weighted by Crippen LogP contribution is -1.85. The summed E-state index contributed by atoms with van der Waals surface area (Å²) in [6.45, 7) is 5.09. The van der Waals surface area contributed by atoms with E-state index in [1.54, 1.807) is 6.92 Å². The maximum atomic E-state index is 9.37. The van der Waals surface area contributed by atoms with E-state index < -0.39 is 11.1 Å². The molecule has 1 atom stereocenters. The zero-order chi connectivity index (χ0) is 6.28. The van der Waals surface area contributed by atoms with Gasteiger partial charge in [-0.3, -0.25) is 4.21 Å². The van der Waals surface area contributed by atoms with Crippen molar-refractivity contribution >= 4 is 11.1 Å². The van der Waals surface area contributed by atoms with Crippen LogP contribution in [0.4, 0.5) is 0 Å². The van der Waals surface area contributed by atoms with Crippen molar-refractivity contribution in [2.75, 3.05) is 5.75 Å². The first-order chi connectivity index (χ1) is 3.27. The SMILES string of the molecule is C#N.CCS(=O)[O-]. The highest BCUT2D eigenvalue weighted by atomic mass is 32.2. The molecule has 0 aromatic heterocycles. The summed E-state index contributed by atoms with van der Waals surface area (Å²) in [5, 5.41) is 6.50. The molecule has 4 heteroatoms. The first-order valence-electron chi connectivity index (χ1n) is 1.59. The Hall–Kier alpha value is -0.400. The van der Waals surface area contributed by atoms with Gasteiger partial charge >= 0.3 is 0 Å². The topological polar surface area (TPSA) is 63.9 Å². The van der Waals surface area contributed by atoms with Crippen molar-refractivity contribution in [1.82, 2.24) is 0 Å². The highest BCUT2D eigenvalue weighted by Crippen LogP contribution is 1.63. The lowest BCUT2D eigenvalue weighted by atomic mass is 11.0. The summed E-state index contributed by atoms with van der Waals surface area (Å²) in [4.78, 5) is 0. The molecule has 3 nitrogen and oxygen atoms in total. The average molecular weight is 120 g/mol. The van der Waals surface area contributed by atoms with E-state index in [4.69, 9.17) is 5.26 Å². The van der Waals surface area contributed by atoms with Crippen molar-refractivity contribution in [3.8, 4) is 6.57 Å². The van der Waals surface area contributed by atoms with Crippen LogP contribution >= 0.6 is 0 Å². The fourth-order valence-corrected chi connectivity index (χ4v) is 0. The molecule has 0 amide bonds. The third kappa shape index (κ3) is 28.3. The molecule has 0 aromatic carbocycles. The summed E-state index contributed by atoms with van der Waals surface area (Å²) in [5.74, 6) is 0.222. The molecule has 0 N–H and O–H groups in total. The van der Waals surface area contributed by atoms with E-state index in [2.05, 4.69) is 6.57 Å². The normalized spacial score (nSPS) is 10.9. The summed E-state index contributed by atoms with van der Waals surface area (Å²) in [6, 6.07) is 0. The highest BCUT2D eigenvalue weighted by molar-refractivity contribution is 7.79. The van der Waals surface area contributed by atoms with Crippen LogP contribution in [0.5, 0.6) is 0 Å². The van der Waals surface area contributed by atoms with Gasteiger partial charge in [0, 0.05) is 12.3 Å². The van der Waals surface area contributed by atoms with Crippen LogP contribution in [0, 0.1) is 11.8 Å². The number of nitrogens with zero attached hydrogens (tertiary/aromatic N) is 1. The van der Waals surface area contributed by atoms with Gasteiger partial charge in [-0.2, -0.15) is 0 Å². The van der Waals surface area contributed by atoms with Crippen molar-refractivity contribution < 1.29 is 8.76 Å². The van der Waals surface area contributed by atoms with Gasteiger partial charge in [0.25, 0.3) is 0 Å². The van der Waals surface area contributed by atoms with Crippen LogP contribution in [0.15, 0.2) is 0 Å². The van der Waals surface area contributed by atoms with Gasteiger partial charge < -0.3 is 4.55 Å². The maximum absolute atomic E-state index is 9.37. The van der Waals surface area contributed by atoms with E-state index >= 15 is 0 Å². The first kappa shape index (κ1) is 9.78. The molecule has 0 rings (SSSR count). The van der Waals surface area contributed by atoms with Gasteiger partial charge in [-0.05, 0) is 0 Å². The molecule has 0 heterocycles. The van der Waals surface area contributed by atoms with Crippen LogP contribution in [0.1, 0.15) is 6.92 Å². The summed E-state index contributed by atoms with van der Waals surface area (Å²) < 4.78 is 18.7. The minimum Gasteiger partial charge on any atom is -0.772 e. The second kappa shape index (κ2) is 9.14. The lowest BCUT2D eigenvalue weighted by Gasteiger charge is -1.93. The Morgan fingerprint density at radius 2 is 2.00 bits per heavy atom. The number of nitriles is 1. The fraction of sp³-hybridized carbons (Fsp3) is 0.667. The molecule has 0 bridgehead atoms. The predicted octanol–water partition coefficient (Wildman–Crippen LogP) is 0.0252. The molecule has 0 aromatic rings. The molecule has 0 fully saturated rings. The van der Waals surface area contributed by atoms with Crippen molar-refractivity contribution in [2.24, 2.45) is 0 Å². The Morgan fingerprint density at radius 3 is 2.00 bits per heavy atom. The number of rotatable bonds is 1. The van der Waals surface area contributed by atoms with Crippen LogP contribution in [0.2, 0.25) is 0 Å². The zero-order valence-corrected chi connectivity index (χ0v) is 4.77. The molecular weight excluding hydrogens is 114 g/mol. The molecule has 1 unspecified atom stereocenters. The van der Waals surface area contributed by atoms with E-state index in [9.17, 15) is 8.76 Å². The molecule has 42 valence electrons. The van der Waals surface area contributed by atoms with Gasteiger partial charge in [0.2, 0.25) is 0 Å². The van der Waals surface area contributed by atoms with E-state index in [0.29, 0.717) is 0 Å². The first-order valence-corrected chi connectivity index (χ1v) is 2.83. The summed E-state index contributed by atoms with van der Waals surface area (Å²) in [5.41, 5.74) is 0. The third-order valence-corrected chi connectivity index (χ3v) is 0.707. The van der Waals surface area contributed by atoms with Crippen LogP contribution in [-0.4, -0.2) is 14.5 Å². The van der Waals surface area contributed by atoms with Crippen LogP contribution < -0.4 is 0 Å². The second-order valence-corrected chi connectivity index (χ2v) is 1.78. The van der Waals surface area contributed by atoms with Crippen LogP contribution in [-0.2, 0) is 11.1 Å². The van der Waals surface area contributed by atoms with E-state index in [1.165, 1.54) is 0 Å². The standard InChI is InChI=1S/C2H6O2S.CHN/c1-2-5(3)4;1-2/h2H2,1H3,(H,3,4);1H/p-1. The van der Waals surface area contributed by atoms with Crippen molar-refractivity contribution in [3.05, 3.63) is 0 Å². The minimum atomic E-state index is -1.82. The van der Waals surface area contributed by atoms with E-state index in [-0.39, 0.29) is 5.75 Å². The second-order valence-electron chi connectivity index (χ2n) is 0.592. The summed E-state index contributed by atoms with van der Waals surface area (Å²) in [7, 11) is 0. The third-order valence-electron chi connectivity index (χ3n) is 0.236. The number of hydrogen-bond acceptors (Lipinski definition) is 3. The molecule has 0 saturated heterocycles. The molecule has 7 heavy (non-hydrogen) atoms. The maximum Gasteiger partial charge on any atom is 0.0462 e. The Labute approximate surface area is 45.2 Å². The molecule has 0 aliphatic carbocycles. The van der Waals surface area contributed by atoms with Gasteiger partial charge in [-0.25, -0.2) is 5.26 Å². The van der Waals surface area contributed by atoms with Crippen LogP contribution in [0.25, 0.3) is 0 Å². The monoisotopic (exact) mass is 120 g/mol. The van der Waals surface area contributed by atoms with Gasteiger partial charge in [-0.15, -0.1) is 0 Å². The number of hydrogen-bond donors (Lipinski definition) is 0. The van der Waals surface area contributed by atoms with Gasteiger partial charge in [0.1, 0.15) is 0 Å². The van der Waals surface area contributed by atoms with E-state index in [1.807, 2.05) is 0 Å². The largest absolute Gasteiger partial charge is 0.772 e. The fourth-order valence-electron chi connectivity index (χ4n) is 0. The molecule has 0 saturated carbocycles. The van der Waals surface area contributed by atoms with Crippen molar-refractivity contribution in [3.63, 3.8) is 0 Å². The van der Waals surface area contributed by atoms with Crippen molar-refractivity contribution in [1.29, 1.82) is 5.26 Å². The smallest absolute Gasteiger partial charge is 0.0462 e. The van der Waals surface area contributed by atoms with E-state index in [0.717, 1.165) is 0 Å². The molecule has 0 aliphatic heterocycles. The van der Waals surface area contributed by atoms with Gasteiger partial charge in [0.05, 0.1) is 0 Å². The lowest BCUT2D eigenvalue weighted by molar-refractivity contribution is 0.538. The summed E-state index contributed by atoms with van der Waals surface area (Å²) >= 11 is -1.82. The molecule has 0 aliphatic rings. The Morgan fingerprint density at radius 1 is 1.86 bits per heavy atom. The Kier molecular flexibility index (Phi) is 12.8. The Bertz CT molecular complexity index is 70.6. The average Bonchev–Trinajstić information content (AvgIpc) is 1.73. The van der Waals surface area contributed by atoms with Crippen LogP contribution in [0.3, 0.4) is 0 Å². The summed E-state index contributed by atoms with van der Waals surface area (Å²) in [6.07, 6.45) is 0. The van der Waals surface area contributed by atoms with Crippen molar-refractivity contribution in [2.45, 2.75) is 6.92 Å². The Balaban J connectivity index is 0. The predicted molar refractivity (Wildman–Crippen MR) is 26.1 cm³/mol. The van der Waals surface area contributed by atoms with Gasteiger partial charge in [0.15, 0.2) is 0 Å². The quantitative estimate of drug-likeness (QED) is 0.458. The molecule has 0 radical (unpaired) electrons. The zero-order valence-electron chi connectivity index (χ0n) is 3.96. The van der Waals surface area contributed by atoms with Gasteiger partial charge in [-0.1, -0.05) is 18.0 Å². The molecular formula is C3H6NO2S-.